The fourth-order valence-electron chi connectivity index (χ4n) is 2.13. The summed E-state index contributed by atoms with van der Waals surface area (Å²) in [4.78, 5) is 11.7. The first-order valence-electron chi connectivity index (χ1n) is 8.20. The van der Waals surface area contributed by atoms with Crippen molar-refractivity contribution in [3.05, 3.63) is 59.7 Å². The largest absolute Gasteiger partial charge is 0.358 e. The van der Waals surface area contributed by atoms with Gasteiger partial charge in [0.15, 0.2) is 5.11 Å². The van der Waals surface area contributed by atoms with Gasteiger partial charge in [-0.25, -0.2) is 4.79 Å². The summed E-state index contributed by atoms with van der Waals surface area (Å²) in [5.74, 6) is 0. The summed E-state index contributed by atoms with van der Waals surface area (Å²) in [6, 6.07) is 15.6. The molecule has 0 aliphatic carbocycles. The Morgan fingerprint density at radius 1 is 0.960 bits per heavy atom. The van der Waals surface area contributed by atoms with Crippen LogP contribution in [0.25, 0.3) is 0 Å². The van der Waals surface area contributed by atoms with Crippen LogP contribution in [0.1, 0.15) is 25.0 Å². The van der Waals surface area contributed by atoms with Crippen LogP contribution < -0.4 is 21.3 Å². The van der Waals surface area contributed by atoms with Crippen LogP contribution in [0.4, 0.5) is 16.2 Å². The number of benzene rings is 2. The Balaban J connectivity index is 1.79. The highest BCUT2D eigenvalue weighted by atomic mass is 32.1. The molecule has 0 saturated carbocycles. The van der Waals surface area contributed by atoms with Crippen LogP contribution >= 0.6 is 12.2 Å². The minimum atomic E-state index is -0.204. The number of thiocarbonyl (C=S) groups is 1. The Bertz CT molecular complexity index is 711. The monoisotopic (exact) mass is 356 g/mol. The van der Waals surface area contributed by atoms with Crippen LogP contribution in [0.5, 0.6) is 0 Å². The smallest absolute Gasteiger partial charge is 0.319 e. The van der Waals surface area contributed by atoms with Gasteiger partial charge in [0.05, 0.1) is 0 Å². The minimum Gasteiger partial charge on any atom is -0.358 e. The molecule has 5 nitrogen and oxygen atoms in total. The number of urea groups is 1. The molecule has 0 aromatic heterocycles. The van der Waals surface area contributed by atoms with Crippen LogP contribution in [0.15, 0.2) is 48.5 Å². The highest BCUT2D eigenvalue weighted by Gasteiger charge is 2.03. The van der Waals surface area contributed by atoms with Gasteiger partial charge in [-0.15, -0.1) is 0 Å². The molecule has 0 radical (unpaired) electrons. The maximum atomic E-state index is 11.7. The van der Waals surface area contributed by atoms with Crippen molar-refractivity contribution in [2.45, 2.75) is 33.4 Å². The van der Waals surface area contributed by atoms with Crippen molar-refractivity contribution in [2.24, 2.45) is 0 Å². The molecule has 0 aliphatic heterocycles. The Hall–Kier alpha value is -2.60. The maximum absolute atomic E-state index is 11.7. The van der Waals surface area contributed by atoms with Gasteiger partial charge in [0.2, 0.25) is 0 Å². The molecule has 0 bridgehead atoms. The third kappa shape index (κ3) is 6.81. The third-order valence-electron chi connectivity index (χ3n) is 3.39. The summed E-state index contributed by atoms with van der Waals surface area (Å²) in [6.07, 6.45) is 0. The van der Waals surface area contributed by atoms with E-state index in [1.807, 2.05) is 69.3 Å². The number of carbonyl (C=O) groups is 1. The second-order valence-corrected chi connectivity index (χ2v) is 6.53. The zero-order chi connectivity index (χ0) is 18.2. The van der Waals surface area contributed by atoms with Crippen LogP contribution in [0.2, 0.25) is 0 Å². The van der Waals surface area contributed by atoms with E-state index in [2.05, 4.69) is 21.3 Å². The average molecular weight is 356 g/mol. The molecule has 2 rings (SSSR count). The summed E-state index contributed by atoms with van der Waals surface area (Å²) < 4.78 is 0. The van der Waals surface area contributed by atoms with E-state index in [-0.39, 0.29) is 12.1 Å². The molecule has 0 unspecified atom stereocenters. The number of hydrogen-bond donors (Lipinski definition) is 4. The van der Waals surface area contributed by atoms with Crippen molar-refractivity contribution in [2.75, 3.05) is 10.6 Å². The molecule has 0 saturated heterocycles. The van der Waals surface area contributed by atoms with Crippen molar-refractivity contribution in [3.63, 3.8) is 0 Å². The summed E-state index contributed by atoms with van der Waals surface area (Å²) in [6.45, 7) is 6.49. The van der Waals surface area contributed by atoms with E-state index < -0.39 is 0 Å². The summed E-state index contributed by atoms with van der Waals surface area (Å²) in [7, 11) is 0. The zero-order valence-electron chi connectivity index (χ0n) is 14.7. The minimum absolute atomic E-state index is 0.102. The van der Waals surface area contributed by atoms with Gasteiger partial charge in [-0.3, -0.25) is 0 Å². The van der Waals surface area contributed by atoms with Gasteiger partial charge >= 0.3 is 6.03 Å². The van der Waals surface area contributed by atoms with E-state index >= 15 is 0 Å². The first-order valence-corrected chi connectivity index (χ1v) is 8.61. The Labute approximate surface area is 154 Å². The van der Waals surface area contributed by atoms with Gasteiger partial charge in [-0.1, -0.05) is 29.8 Å². The predicted octanol–water partition coefficient (Wildman–Crippen LogP) is 4.01. The van der Waals surface area contributed by atoms with Gasteiger partial charge in [0.25, 0.3) is 0 Å². The Kier molecular flexibility index (Phi) is 6.77. The molecule has 0 aliphatic rings. The molecule has 4 N–H and O–H groups in total. The van der Waals surface area contributed by atoms with Gasteiger partial charge in [0.1, 0.15) is 0 Å². The van der Waals surface area contributed by atoms with E-state index in [1.54, 1.807) is 0 Å². The second-order valence-electron chi connectivity index (χ2n) is 6.12. The lowest BCUT2D eigenvalue weighted by atomic mass is 10.2. The second kappa shape index (κ2) is 9.03. The van der Waals surface area contributed by atoms with Crippen molar-refractivity contribution >= 4 is 34.7 Å². The van der Waals surface area contributed by atoms with Gasteiger partial charge < -0.3 is 21.3 Å². The number of aryl methyl sites for hydroxylation is 1. The fourth-order valence-corrected chi connectivity index (χ4v) is 2.32. The lowest BCUT2D eigenvalue weighted by molar-refractivity contribution is 0.250. The number of amides is 2. The zero-order valence-corrected chi connectivity index (χ0v) is 15.5. The molecule has 0 spiro atoms. The van der Waals surface area contributed by atoms with Crippen LogP contribution in [-0.2, 0) is 6.54 Å². The van der Waals surface area contributed by atoms with Gasteiger partial charge in [0, 0.05) is 24.0 Å². The molecule has 0 heterocycles. The lowest BCUT2D eigenvalue weighted by Crippen LogP contribution is -2.34. The number of hydrogen-bond acceptors (Lipinski definition) is 2. The molecule has 0 atom stereocenters. The number of carbonyl (C=O) groups excluding carboxylic acids is 1. The van der Waals surface area contributed by atoms with Crippen LogP contribution in [-0.4, -0.2) is 17.2 Å². The normalized spacial score (nSPS) is 10.2. The van der Waals surface area contributed by atoms with Gasteiger partial charge in [-0.05, 0) is 62.8 Å². The predicted molar refractivity (Wildman–Crippen MR) is 108 cm³/mol. The average Bonchev–Trinajstić information content (AvgIpc) is 2.55. The van der Waals surface area contributed by atoms with Crippen LogP contribution in [0.3, 0.4) is 0 Å². The molecule has 6 heteroatoms. The quantitative estimate of drug-likeness (QED) is 0.611. The fraction of sp³-hybridized carbons (Fsp3) is 0.263. The molecular weight excluding hydrogens is 332 g/mol. The third-order valence-corrected chi connectivity index (χ3v) is 3.64. The molecule has 25 heavy (non-hydrogen) atoms. The number of rotatable bonds is 5. The van der Waals surface area contributed by atoms with Crippen molar-refractivity contribution < 1.29 is 4.79 Å². The highest BCUT2D eigenvalue weighted by Crippen LogP contribution is 2.10. The molecule has 2 aromatic rings. The van der Waals surface area contributed by atoms with E-state index in [9.17, 15) is 4.79 Å². The van der Waals surface area contributed by atoms with E-state index in [1.165, 1.54) is 5.56 Å². The summed E-state index contributed by atoms with van der Waals surface area (Å²) in [5.41, 5.74) is 3.99. The first-order chi connectivity index (χ1) is 11.9. The topological polar surface area (TPSA) is 65.2 Å². The first kappa shape index (κ1) is 18.7. The molecule has 2 aromatic carbocycles. The van der Waals surface area contributed by atoms with Gasteiger partial charge in [-0.2, -0.15) is 0 Å². The standard InChI is InChI=1S/C19H24N4OS/c1-13(2)21-18(24)22-16-10-6-15(7-11-16)12-20-19(25)23-17-8-4-14(3)5-9-17/h4-11,13H,12H2,1-3H3,(H2,20,23,25)(H2,21,22,24). The summed E-state index contributed by atoms with van der Waals surface area (Å²) in [5, 5.41) is 12.5. The van der Waals surface area contributed by atoms with Crippen LogP contribution in [0, 0.1) is 6.92 Å². The highest BCUT2D eigenvalue weighted by molar-refractivity contribution is 7.80. The molecule has 0 fully saturated rings. The van der Waals surface area contributed by atoms with Crippen molar-refractivity contribution in [3.8, 4) is 0 Å². The van der Waals surface area contributed by atoms with Crippen molar-refractivity contribution in [1.29, 1.82) is 0 Å². The molecule has 132 valence electrons. The Morgan fingerprint density at radius 3 is 2.12 bits per heavy atom. The number of nitrogens with one attached hydrogen (secondary N) is 4. The number of anilines is 2. The maximum Gasteiger partial charge on any atom is 0.319 e. The van der Waals surface area contributed by atoms with E-state index in [0.717, 1.165) is 16.9 Å². The SMILES string of the molecule is Cc1ccc(NC(=S)NCc2ccc(NC(=O)NC(C)C)cc2)cc1. The van der Waals surface area contributed by atoms with E-state index in [0.29, 0.717) is 11.7 Å². The summed E-state index contributed by atoms with van der Waals surface area (Å²) >= 11 is 5.30. The Morgan fingerprint density at radius 2 is 1.52 bits per heavy atom. The van der Waals surface area contributed by atoms with E-state index in [4.69, 9.17) is 12.2 Å². The molecule has 2 amide bonds. The van der Waals surface area contributed by atoms with Crippen molar-refractivity contribution in [1.82, 2.24) is 10.6 Å². The lowest BCUT2D eigenvalue weighted by Gasteiger charge is -2.12. The molecular formula is C19H24N4OS.